The highest BCUT2D eigenvalue weighted by Gasteiger charge is 2.36. The molecule has 3 rings (SSSR count). The normalized spacial score (nSPS) is 21.7. The molecule has 2 aliphatic rings. The van der Waals surface area contributed by atoms with Crippen LogP contribution < -0.4 is 10.6 Å². The van der Waals surface area contributed by atoms with Crippen molar-refractivity contribution in [2.24, 2.45) is 10.9 Å². The number of rotatable bonds is 6. The number of hydrogen-bond donors (Lipinski definition) is 2. The Morgan fingerprint density at radius 3 is 2.70 bits per heavy atom. The molecule has 1 amide bonds. The molecule has 2 N–H and O–H groups in total. The monoisotopic (exact) mass is 414 g/mol. The van der Waals surface area contributed by atoms with Crippen LogP contribution >= 0.6 is 0 Å². The third kappa shape index (κ3) is 5.34. The molecule has 166 valence electrons. The summed E-state index contributed by atoms with van der Waals surface area (Å²) in [5.41, 5.74) is 2.73. The number of benzene rings is 1. The van der Waals surface area contributed by atoms with Crippen LogP contribution in [0.3, 0.4) is 0 Å². The lowest BCUT2D eigenvalue weighted by molar-refractivity contribution is -0.133. The summed E-state index contributed by atoms with van der Waals surface area (Å²) in [6.45, 7) is 12.9. The summed E-state index contributed by atoms with van der Waals surface area (Å²) < 4.78 is 5.68. The molecule has 30 heavy (non-hydrogen) atoms. The van der Waals surface area contributed by atoms with E-state index in [4.69, 9.17) is 9.73 Å². The highest BCUT2D eigenvalue weighted by Crippen LogP contribution is 2.37. The van der Waals surface area contributed by atoms with Crippen LogP contribution in [0.1, 0.15) is 51.2 Å². The fourth-order valence-electron chi connectivity index (χ4n) is 4.63. The Balaban J connectivity index is 1.72. The van der Waals surface area contributed by atoms with Gasteiger partial charge in [0.05, 0.1) is 6.54 Å². The highest BCUT2D eigenvalue weighted by atomic mass is 16.5. The minimum absolute atomic E-state index is 0.0151. The molecule has 1 aromatic rings. The van der Waals surface area contributed by atoms with Gasteiger partial charge in [-0.2, -0.15) is 0 Å². The standard InChI is InChI=1S/C24H38N4O2/c1-5-25-23(27-20-10-13-28(16-20)22(29)18(2)3)26-17-24(11-14-30-15-12-24)21-9-7-6-8-19(21)4/h6-9,18,20H,5,10-17H2,1-4H3,(H2,25,26,27). The number of likely N-dealkylation sites (tertiary alicyclic amines) is 1. The van der Waals surface area contributed by atoms with Gasteiger partial charge in [0, 0.05) is 50.2 Å². The average molecular weight is 415 g/mol. The summed E-state index contributed by atoms with van der Waals surface area (Å²) in [5.74, 6) is 1.14. The zero-order valence-electron chi connectivity index (χ0n) is 19.0. The van der Waals surface area contributed by atoms with E-state index in [1.807, 2.05) is 18.7 Å². The lowest BCUT2D eigenvalue weighted by Crippen LogP contribution is -2.46. The van der Waals surface area contributed by atoms with Crippen LogP contribution in [0.5, 0.6) is 0 Å². The van der Waals surface area contributed by atoms with E-state index in [1.165, 1.54) is 11.1 Å². The summed E-state index contributed by atoms with van der Waals surface area (Å²) in [7, 11) is 0. The van der Waals surface area contributed by atoms with E-state index in [1.54, 1.807) is 0 Å². The Hall–Kier alpha value is -2.08. The summed E-state index contributed by atoms with van der Waals surface area (Å²) in [6.07, 6.45) is 2.93. The zero-order valence-corrected chi connectivity index (χ0v) is 19.0. The minimum atomic E-state index is 0.0151. The largest absolute Gasteiger partial charge is 0.381 e. The third-order valence-corrected chi connectivity index (χ3v) is 6.39. The van der Waals surface area contributed by atoms with Crippen LogP contribution in [0.15, 0.2) is 29.3 Å². The molecule has 1 unspecified atom stereocenters. The molecular weight excluding hydrogens is 376 g/mol. The molecule has 6 heteroatoms. The fraction of sp³-hybridized carbons (Fsp3) is 0.667. The smallest absolute Gasteiger partial charge is 0.225 e. The number of ether oxygens (including phenoxy) is 1. The predicted octanol–water partition coefficient (Wildman–Crippen LogP) is 2.86. The molecule has 6 nitrogen and oxygen atoms in total. The van der Waals surface area contributed by atoms with Crippen molar-refractivity contribution in [2.75, 3.05) is 39.4 Å². The number of amides is 1. The quantitative estimate of drug-likeness (QED) is 0.555. The molecule has 0 spiro atoms. The summed E-state index contributed by atoms with van der Waals surface area (Å²) in [5, 5.41) is 6.98. The van der Waals surface area contributed by atoms with Crippen LogP contribution in [-0.2, 0) is 14.9 Å². The highest BCUT2D eigenvalue weighted by molar-refractivity contribution is 5.81. The Morgan fingerprint density at radius 1 is 1.30 bits per heavy atom. The maximum atomic E-state index is 12.3. The maximum absolute atomic E-state index is 12.3. The van der Waals surface area contributed by atoms with E-state index < -0.39 is 0 Å². The van der Waals surface area contributed by atoms with E-state index >= 15 is 0 Å². The lowest BCUT2D eigenvalue weighted by atomic mass is 9.72. The topological polar surface area (TPSA) is 66.0 Å². The molecule has 1 aromatic carbocycles. The molecule has 2 fully saturated rings. The molecule has 2 aliphatic heterocycles. The second-order valence-corrected chi connectivity index (χ2v) is 8.97. The molecule has 0 aliphatic carbocycles. The predicted molar refractivity (Wildman–Crippen MR) is 122 cm³/mol. The summed E-state index contributed by atoms with van der Waals surface area (Å²) in [4.78, 5) is 19.3. The number of carbonyl (C=O) groups excluding carboxylic acids is 1. The van der Waals surface area contributed by atoms with E-state index in [0.717, 1.165) is 64.6 Å². The van der Waals surface area contributed by atoms with Gasteiger partial charge >= 0.3 is 0 Å². The van der Waals surface area contributed by atoms with Gasteiger partial charge in [0.25, 0.3) is 0 Å². The van der Waals surface area contributed by atoms with Crippen molar-refractivity contribution < 1.29 is 9.53 Å². The van der Waals surface area contributed by atoms with Gasteiger partial charge in [0.1, 0.15) is 0 Å². The fourth-order valence-corrected chi connectivity index (χ4v) is 4.63. The second kappa shape index (κ2) is 10.3. The van der Waals surface area contributed by atoms with Crippen molar-refractivity contribution in [1.29, 1.82) is 0 Å². The van der Waals surface area contributed by atoms with Crippen molar-refractivity contribution in [1.82, 2.24) is 15.5 Å². The summed E-state index contributed by atoms with van der Waals surface area (Å²) in [6, 6.07) is 8.92. The average Bonchev–Trinajstić information content (AvgIpc) is 3.21. The first-order valence-electron chi connectivity index (χ1n) is 11.4. The van der Waals surface area contributed by atoms with E-state index in [2.05, 4.69) is 48.7 Å². The van der Waals surface area contributed by atoms with Crippen molar-refractivity contribution >= 4 is 11.9 Å². The van der Waals surface area contributed by atoms with Gasteiger partial charge in [0.2, 0.25) is 5.91 Å². The van der Waals surface area contributed by atoms with Crippen molar-refractivity contribution in [3.05, 3.63) is 35.4 Å². The van der Waals surface area contributed by atoms with Gasteiger partial charge in [-0.1, -0.05) is 38.1 Å². The number of aryl methyl sites for hydroxylation is 1. The van der Waals surface area contributed by atoms with E-state index in [9.17, 15) is 4.79 Å². The van der Waals surface area contributed by atoms with E-state index in [0.29, 0.717) is 0 Å². The van der Waals surface area contributed by atoms with Gasteiger partial charge in [-0.25, -0.2) is 0 Å². The van der Waals surface area contributed by atoms with Gasteiger partial charge < -0.3 is 20.3 Å². The molecule has 0 bridgehead atoms. The van der Waals surface area contributed by atoms with Crippen LogP contribution in [0.4, 0.5) is 0 Å². The molecule has 2 heterocycles. The number of nitrogens with zero attached hydrogens (tertiary/aromatic N) is 2. The SMILES string of the molecule is CCNC(=NCC1(c2ccccc2C)CCOCC1)NC1CCN(C(=O)C(C)C)C1. The Kier molecular flexibility index (Phi) is 7.75. The second-order valence-electron chi connectivity index (χ2n) is 8.97. The first-order chi connectivity index (χ1) is 14.4. The molecule has 2 saturated heterocycles. The minimum Gasteiger partial charge on any atom is -0.381 e. The van der Waals surface area contributed by atoms with Crippen molar-refractivity contribution in [2.45, 2.75) is 58.4 Å². The van der Waals surface area contributed by atoms with Gasteiger partial charge in [0.15, 0.2) is 5.96 Å². The van der Waals surface area contributed by atoms with Gasteiger partial charge in [-0.3, -0.25) is 9.79 Å². The van der Waals surface area contributed by atoms with Crippen molar-refractivity contribution in [3.63, 3.8) is 0 Å². The van der Waals surface area contributed by atoms with Crippen LogP contribution in [0, 0.1) is 12.8 Å². The van der Waals surface area contributed by atoms with Gasteiger partial charge in [-0.15, -0.1) is 0 Å². The number of guanidine groups is 1. The van der Waals surface area contributed by atoms with E-state index in [-0.39, 0.29) is 23.3 Å². The molecular formula is C24H38N4O2. The molecule has 0 aromatic heterocycles. The number of carbonyl (C=O) groups is 1. The number of nitrogens with one attached hydrogen (secondary N) is 2. The van der Waals surface area contributed by atoms with Crippen LogP contribution in [0.2, 0.25) is 0 Å². The van der Waals surface area contributed by atoms with Crippen LogP contribution in [-0.4, -0.2) is 62.2 Å². The van der Waals surface area contributed by atoms with Gasteiger partial charge in [-0.05, 0) is 44.2 Å². The molecule has 0 saturated carbocycles. The number of aliphatic imine (C=N–C) groups is 1. The zero-order chi connectivity index (χ0) is 21.6. The van der Waals surface area contributed by atoms with Crippen molar-refractivity contribution in [3.8, 4) is 0 Å². The first-order valence-corrected chi connectivity index (χ1v) is 11.4. The maximum Gasteiger partial charge on any atom is 0.225 e. The summed E-state index contributed by atoms with van der Waals surface area (Å²) >= 11 is 0. The molecule has 0 radical (unpaired) electrons. The first kappa shape index (κ1) is 22.6. The Bertz CT molecular complexity index is 740. The lowest BCUT2D eigenvalue weighted by Gasteiger charge is -2.37. The third-order valence-electron chi connectivity index (χ3n) is 6.39. The Labute approximate surface area is 181 Å². The Morgan fingerprint density at radius 2 is 2.03 bits per heavy atom. The van der Waals surface area contributed by atoms with Crippen LogP contribution in [0.25, 0.3) is 0 Å². The molecule has 1 atom stereocenters. The number of hydrogen-bond acceptors (Lipinski definition) is 3.